The summed E-state index contributed by atoms with van der Waals surface area (Å²) in [7, 11) is 3.64. The van der Waals surface area contributed by atoms with Gasteiger partial charge in [-0.2, -0.15) is 0 Å². The zero-order chi connectivity index (χ0) is 11.3. The summed E-state index contributed by atoms with van der Waals surface area (Å²) in [5.74, 6) is 0.226. The second kappa shape index (κ2) is 6.08. The Hall–Kier alpha value is -0.610. The van der Waals surface area contributed by atoms with E-state index >= 15 is 0 Å². The third kappa shape index (κ3) is 3.47. The molecule has 0 spiro atoms. The van der Waals surface area contributed by atoms with Crippen LogP contribution < -0.4 is 0 Å². The minimum Gasteiger partial charge on any atom is -0.380 e. The summed E-state index contributed by atoms with van der Waals surface area (Å²) in [5.41, 5.74) is 0. The van der Waals surface area contributed by atoms with E-state index in [0.29, 0.717) is 0 Å². The number of likely N-dealkylation sites (tertiary alicyclic amines) is 1. The van der Waals surface area contributed by atoms with Crippen molar-refractivity contribution < 1.29 is 9.53 Å². The predicted molar refractivity (Wildman–Crippen MR) is 59.8 cm³/mol. The molecule has 1 rings (SSSR count). The Balaban J connectivity index is 2.39. The van der Waals surface area contributed by atoms with E-state index in [1.807, 2.05) is 21.0 Å². The molecule has 1 unspecified atom stereocenters. The van der Waals surface area contributed by atoms with Crippen LogP contribution in [0.3, 0.4) is 0 Å². The Morgan fingerprint density at radius 1 is 1.53 bits per heavy atom. The second-order valence-electron chi connectivity index (χ2n) is 4.12. The first-order valence-electron chi connectivity index (χ1n) is 5.69. The number of hydrogen-bond acceptors (Lipinski definition) is 3. The van der Waals surface area contributed by atoms with Crippen molar-refractivity contribution >= 4 is 5.91 Å². The summed E-state index contributed by atoms with van der Waals surface area (Å²) in [6, 6.07) is 0.0838. The van der Waals surface area contributed by atoms with Gasteiger partial charge in [-0.3, -0.25) is 9.69 Å². The molecule has 4 heteroatoms. The van der Waals surface area contributed by atoms with E-state index in [9.17, 15) is 4.79 Å². The Morgan fingerprint density at radius 3 is 2.87 bits per heavy atom. The molecule has 0 N–H and O–H groups in total. The van der Waals surface area contributed by atoms with Gasteiger partial charge in [-0.05, 0) is 26.3 Å². The highest BCUT2D eigenvalue weighted by molar-refractivity contribution is 5.81. The van der Waals surface area contributed by atoms with Gasteiger partial charge in [0.05, 0.1) is 12.6 Å². The molecule has 0 aromatic rings. The fraction of sp³-hybridized carbons (Fsp3) is 0.909. The molecule has 1 heterocycles. The average molecular weight is 214 g/mol. The van der Waals surface area contributed by atoms with Gasteiger partial charge in [0.2, 0.25) is 5.91 Å². The molecule has 1 atom stereocenters. The highest BCUT2D eigenvalue weighted by atomic mass is 16.5. The van der Waals surface area contributed by atoms with Crippen LogP contribution in [-0.4, -0.2) is 62.1 Å². The van der Waals surface area contributed by atoms with Crippen LogP contribution in [-0.2, 0) is 9.53 Å². The van der Waals surface area contributed by atoms with Gasteiger partial charge >= 0.3 is 0 Å². The summed E-state index contributed by atoms with van der Waals surface area (Å²) >= 11 is 0. The smallest absolute Gasteiger partial charge is 0.239 e. The molecule has 1 aliphatic heterocycles. The summed E-state index contributed by atoms with van der Waals surface area (Å²) in [5, 5.41) is 0. The number of likely N-dealkylation sites (N-methyl/N-ethyl adjacent to an activating group) is 1. The number of carbonyl (C=O) groups is 1. The first kappa shape index (κ1) is 12.5. The zero-order valence-corrected chi connectivity index (χ0v) is 10.0. The molecule has 1 amide bonds. The quantitative estimate of drug-likeness (QED) is 0.627. The first-order valence-corrected chi connectivity index (χ1v) is 5.69. The number of ether oxygens (including phenoxy) is 1. The van der Waals surface area contributed by atoms with Gasteiger partial charge in [0, 0.05) is 27.2 Å². The first-order chi connectivity index (χ1) is 7.16. The molecular formula is C11H22N2O2. The molecule has 0 radical (unpaired) electrons. The van der Waals surface area contributed by atoms with Crippen LogP contribution in [0.1, 0.15) is 19.8 Å². The highest BCUT2D eigenvalue weighted by Gasteiger charge is 2.30. The molecule has 0 aliphatic carbocycles. The van der Waals surface area contributed by atoms with Crippen molar-refractivity contribution in [2.45, 2.75) is 25.8 Å². The highest BCUT2D eigenvalue weighted by Crippen LogP contribution is 2.18. The van der Waals surface area contributed by atoms with Crippen molar-refractivity contribution in [1.82, 2.24) is 9.80 Å². The number of amides is 1. The lowest BCUT2D eigenvalue weighted by atomic mass is 10.2. The summed E-state index contributed by atoms with van der Waals surface area (Å²) in [4.78, 5) is 15.7. The Kier molecular flexibility index (Phi) is 5.05. The van der Waals surface area contributed by atoms with E-state index in [0.717, 1.165) is 39.1 Å². The van der Waals surface area contributed by atoms with E-state index in [-0.39, 0.29) is 11.9 Å². The molecule has 88 valence electrons. The van der Waals surface area contributed by atoms with Gasteiger partial charge in [-0.15, -0.1) is 0 Å². The van der Waals surface area contributed by atoms with Crippen LogP contribution in [0.15, 0.2) is 0 Å². The van der Waals surface area contributed by atoms with E-state index in [4.69, 9.17) is 4.74 Å². The third-order valence-corrected chi connectivity index (χ3v) is 2.82. The maximum absolute atomic E-state index is 11.8. The van der Waals surface area contributed by atoms with E-state index in [2.05, 4.69) is 4.90 Å². The average Bonchev–Trinajstić information content (AvgIpc) is 2.65. The molecular weight excluding hydrogens is 192 g/mol. The summed E-state index contributed by atoms with van der Waals surface area (Å²) in [6.07, 6.45) is 2.11. The van der Waals surface area contributed by atoms with Crippen molar-refractivity contribution in [2.24, 2.45) is 0 Å². The van der Waals surface area contributed by atoms with Gasteiger partial charge in [0.15, 0.2) is 0 Å². The van der Waals surface area contributed by atoms with Crippen molar-refractivity contribution in [3.05, 3.63) is 0 Å². The minimum atomic E-state index is 0.0838. The lowest BCUT2D eigenvalue weighted by molar-refractivity contribution is -0.133. The lowest BCUT2D eigenvalue weighted by Gasteiger charge is -2.25. The summed E-state index contributed by atoms with van der Waals surface area (Å²) < 4.78 is 5.32. The maximum atomic E-state index is 11.8. The number of hydrogen-bond donors (Lipinski definition) is 0. The van der Waals surface area contributed by atoms with Crippen LogP contribution in [0, 0.1) is 0 Å². The lowest BCUT2D eigenvalue weighted by Crippen LogP contribution is -2.43. The van der Waals surface area contributed by atoms with Gasteiger partial charge in [-0.1, -0.05) is 0 Å². The van der Waals surface area contributed by atoms with Crippen molar-refractivity contribution in [1.29, 1.82) is 0 Å². The number of carbonyl (C=O) groups excluding carboxylic acids is 1. The van der Waals surface area contributed by atoms with Crippen LogP contribution in [0.25, 0.3) is 0 Å². The Bertz CT molecular complexity index is 207. The fourth-order valence-corrected chi connectivity index (χ4v) is 2.00. The Morgan fingerprint density at radius 2 is 2.27 bits per heavy atom. The number of nitrogens with zero attached hydrogens (tertiary/aromatic N) is 2. The van der Waals surface area contributed by atoms with Crippen LogP contribution >= 0.6 is 0 Å². The molecule has 0 bridgehead atoms. The molecule has 15 heavy (non-hydrogen) atoms. The molecule has 0 aromatic heterocycles. The standard InChI is InChI=1S/C11H22N2O2/c1-4-15-9-8-13-7-5-6-10(13)11(14)12(2)3/h10H,4-9H2,1-3H3. The molecule has 4 nitrogen and oxygen atoms in total. The Labute approximate surface area is 92.2 Å². The van der Waals surface area contributed by atoms with E-state index in [1.165, 1.54) is 0 Å². The topological polar surface area (TPSA) is 32.8 Å². The molecule has 0 saturated carbocycles. The SMILES string of the molecule is CCOCCN1CCCC1C(=O)N(C)C. The molecule has 1 aliphatic rings. The largest absolute Gasteiger partial charge is 0.380 e. The van der Waals surface area contributed by atoms with Crippen molar-refractivity contribution in [3.63, 3.8) is 0 Å². The predicted octanol–water partition coefficient (Wildman–Crippen LogP) is 0.575. The second-order valence-corrected chi connectivity index (χ2v) is 4.12. The maximum Gasteiger partial charge on any atom is 0.239 e. The molecule has 1 saturated heterocycles. The zero-order valence-electron chi connectivity index (χ0n) is 10.0. The summed E-state index contributed by atoms with van der Waals surface area (Å²) in [6.45, 7) is 5.37. The minimum absolute atomic E-state index is 0.0838. The normalized spacial score (nSPS) is 21.9. The van der Waals surface area contributed by atoms with Gasteiger partial charge < -0.3 is 9.64 Å². The van der Waals surface area contributed by atoms with Crippen LogP contribution in [0.5, 0.6) is 0 Å². The fourth-order valence-electron chi connectivity index (χ4n) is 2.00. The van der Waals surface area contributed by atoms with Crippen molar-refractivity contribution in [2.75, 3.05) is 40.4 Å². The van der Waals surface area contributed by atoms with Crippen LogP contribution in [0.2, 0.25) is 0 Å². The third-order valence-electron chi connectivity index (χ3n) is 2.82. The monoisotopic (exact) mass is 214 g/mol. The van der Waals surface area contributed by atoms with Gasteiger partial charge in [0.25, 0.3) is 0 Å². The molecule has 0 aromatic carbocycles. The van der Waals surface area contributed by atoms with Gasteiger partial charge in [-0.25, -0.2) is 0 Å². The van der Waals surface area contributed by atoms with Crippen LogP contribution in [0.4, 0.5) is 0 Å². The van der Waals surface area contributed by atoms with Gasteiger partial charge in [0.1, 0.15) is 0 Å². The van der Waals surface area contributed by atoms with E-state index in [1.54, 1.807) is 4.90 Å². The van der Waals surface area contributed by atoms with Crippen molar-refractivity contribution in [3.8, 4) is 0 Å². The molecule has 1 fully saturated rings. The van der Waals surface area contributed by atoms with E-state index < -0.39 is 0 Å². The number of rotatable bonds is 5.